The summed E-state index contributed by atoms with van der Waals surface area (Å²) in [6, 6.07) is 14.3. The molecule has 4 amide bonds. The van der Waals surface area contributed by atoms with Gasteiger partial charge < -0.3 is 9.94 Å². The zero-order chi connectivity index (χ0) is 34.4. The number of hydrogen-bond donors (Lipinski definition) is 2. The summed E-state index contributed by atoms with van der Waals surface area (Å²) in [5.41, 5.74) is 7.38. The van der Waals surface area contributed by atoms with Crippen molar-refractivity contribution < 1.29 is 29.1 Å². The van der Waals surface area contributed by atoms with E-state index in [1.54, 1.807) is 30.6 Å². The predicted molar refractivity (Wildman–Crippen MR) is 181 cm³/mol. The second-order valence-electron chi connectivity index (χ2n) is 13.1. The Balaban J connectivity index is 0.901. The first-order valence-corrected chi connectivity index (χ1v) is 16.9. The monoisotopic (exact) mass is 673 g/mol. The van der Waals surface area contributed by atoms with E-state index in [0.29, 0.717) is 18.9 Å². The van der Waals surface area contributed by atoms with Gasteiger partial charge in [-0.25, -0.2) is 0 Å². The number of aromatic nitrogens is 3. The minimum atomic E-state index is -1.00. The Labute approximate surface area is 287 Å². The molecule has 13 heteroatoms. The number of piperidine rings is 2. The lowest BCUT2D eigenvalue weighted by molar-refractivity contribution is -0.136. The fourth-order valence-corrected chi connectivity index (χ4v) is 7.49. The number of amides is 4. The van der Waals surface area contributed by atoms with Crippen molar-refractivity contribution in [1.82, 2.24) is 29.9 Å². The van der Waals surface area contributed by atoms with E-state index >= 15 is 0 Å². The third-order valence-electron chi connectivity index (χ3n) is 10.2. The molecule has 254 valence electrons. The molecule has 1 aliphatic carbocycles. The summed E-state index contributed by atoms with van der Waals surface area (Å²) in [7, 11) is 0. The minimum Gasteiger partial charge on any atom is -0.492 e. The van der Waals surface area contributed by atoms with E-state index < -0.39 is 29.7 Å². The first-order valence-electron chi connectivity index (χ1n) is 16.9. The van der Waals surface area contributed by atoms with Gasteiger partial charge in [-0.05, 0) is 73.6 Å². The molecule has 1 atom stereocenters. The van der Waals surface area contributed by atoms with Crippen molar-refractivity contribution in [2.75, 3.05) is 26.2 Å². The van der Waals surface area contributed by atoms with Crippen molar-refractivity contribution in [3.05, 3.63) is 89.4 Å². The molecular weight excluding hydrogens is 638 g/mol. The highest BCUT2D eigenvalue weighted by Crippen LogP contribution is 2.36. The maximum absolute atomic E-state index is 13.2. The van der Waals surface area contributed by atoms with Crippen molar-refractivity contribution in [3.63, 3.8) is 0 Å². The molecule has 3 aliphatic heterocycles. The molecule has 4 aromatic rings. The highest BCUT2D eigenvalue weighted by atomic mass is 16.5. The molecule has 2 aromatic heterocycles. The van der Waals surface area contributed by atoms with Crippen LogP contribution in [-0.2, 0) is 16.0 Å². The molecule has 2 fully saturated rings. The smallest absolute Gasteiger partial charge is 0.262 e. The van der Waals surface area contributed by atoms with Crippen LogP contribution in [0.4, 0.5) is 0 Å². The van der Waals surface area contributed by atoms with Crippen molar-refractivity contribution in [3.8, 4) is 28.1 Å². The van der Waals surface area contributed by atoms with Crippen LogP contribution >= 0.6 is 0 Å². The largest absolute Gasteiger partial charge is 0.492 e. The van der Waals surface area contributed by atoms with Gasteiger partial charge in [-0.2, -0.15) is 5.10 Å². The fourth-order valence-electron chi connectivity index (χ4n) is 7.49. The predicted octanol–water partition coefficient (Wildman–Crippen LogP) is 3.85. The second kappa shape index (κ2) is 13.0. The van der Waals surface area contributed by atoms with Gasteiger partial charge in [-0.1, -0.05) is 23.4 Å². The number of likely N-dealkylation sites (tertiary alicyclic amines) is 1. The summed E-state index contributed by atoms with van der Waals surface area (Å²) in [4.78, 5) is 57.6. The molecule has 4 aliphatic rings. The number of fused-ring (bicyclic) bond motifs is 2. The van der Waals surface area contributed by atoms with Crippen LogP contribution in [0.15, 0.2) is 72.3 Å². The van der Waals surface area contributed by atoms with Crippen LogP contribution in [0.25, 0.3) is 22.4 Å². The molecule has 8 rings (SSSR count). The standard InChI is InChI=1S/C37H35N7O6/c45-33-8-7-32(35(46)39-33)44-36(47)28-5-3-26(20-29(28)37(44)48)50-18-17-42-15-11-25(12-16-42)43-21-30(34(40-43)22-9-13-38-14-10-22)24-1-4-27-23(19-24)2-6-31(27)41-49/h1,3-5,9-10,13-14,19-21,25,32,49H,2,6-8,11-12,15-18H2,(H,39,45,46). The van der Waals surface area contributed by atoms with Crippen molar-refractivity contribution >= 4 is 29.3 Å². The average molecular weight is 674 g/mol. The summed E-state index contributed by atoms with van der Waals surface area (Å²) in [6.07, 6.45) is 9.31. The second-order valence-corrected chi connectivity index (χ2v) is 13.1. The maximum Gasteiger partial charge on any atom is 0.262 e. The van der Waals surface area contributed by atoms with Gasteiger partial charge in [0.2, 0.25) is 11.8 Å². The number of oxime groups is 1. The van der Waals surface area contributed by atoms with E-state index in [9.17, 15) is 24.4 Å². The van der Waals surface area contributed by atoms with E-state index in [2.05, 4.69) is 43.4 Å². The Hall–Kier alpha value is -5.69. The average Bonchev–Trinajstić information content (AvgIpc) is 3.83. The van der Waals surface area contributed by atoms with Crippen LogP contribution in [0.3, 0.4) is 0 Å². The van der Waals surface area contributed by atoms with Crippen molar-refractivity contribution in [2.45, 2.75) is 50.6 Å². The first-order chi connectivity index (χ1) is 24.4. The summed E-state index contributed by atoms with van der Waals surface area (Å²) < 4.78 is 8.12. The lowest BCUT2D eigenvalue weighted by atomic mass is 9.98. The third kappa shape index (κ3) is 5.72. The van der Waals surface area contributed by atoms with Crippen LogP contribution in [0.5, 0.6) is 5.75 Å². The van der Waals surface area contributed by atoms with Gasteiger partial charge in [0.25, 0.3) is 11.8 Å². The quantitative estimate of drug-likeness (QED) is 0.161. The number of carbonyl (C=O) groups excluding carboxylic acids is 4. The number of carbonyl (C=O) groups is 4. The maximum atomic E-state index is 13.2. The number of pyridine rings is 1. The molecule has 5 heterocycles. The summed E-state index contributed by atoms with van der Waals surface area (Å²) in [5, 5.41) is 20.2. The zero-order valence-electron chi connectivity index (χ0n) is 27.2. The number of nitrogens with one attached hydrogen (secondary N) is 1. The summed E-state index contributed by atoms with van der Waals surface area (Å²) >= 11 is 0. The number of aryl methyl sites for hydroxylation is 1. The van der Waals surface area contributed by atoms with E-state index in [4.69, 9.17) is 9.84 Å². The molecule has 13 nitrogen and oxygen atoms in total. The lowest BCUT2D eigenvalue weighted by Gasteiger charge is -2.31. The van der Waals surface area contributed by atoms with Crippen molar-refractivity contribution in [2.24, 2.45) is 5.16 Å². The molecule has 0 radical (unpaired) electrons. The van der Waals surface area contributed by atoms with Crippen LogP contribution in [0.1, 0.15) is 70.0 Å². The highest BCUT2D eigenvalue weighted by molar-refractivity contribution is 6.23. The summed E-state index contributed by atoms with van der Waals surface area (Å²) in [6.45, 7) is 2.84. The molecule has 2 N–H and O–H groups in total. The third-order valence-corrected chi connectivity index (χ3v) is 10.2. The topological polar surface area (TPSA) is 159 Å². The molecule has 0 saturated carbocycles. The number of ether oxygens (including phenoxy) is 1. The number of nitrogens with zero attached hydrogens (tertiary/aromatic N) is 6. The Morgan fingerprint density at radius 1 is 0.840 bits per heavy atom. The fraction of sp³-hybridized carbons (Fsp3) is 0.324. The van der Waals surface area contributed by atoms with Gasteiger partial charge in [-0.15, -0.1) is 0 Å². The Morgan fingerprint density at radius 2 is 1.62 bits per heavy atom. The molecule has 50 heavy (non-hydrogen) atoms. The zero-order valence-corrected chi connectivity index (χ0v) is 27.2. The molecule has 2 aromatic carbocycles. The van der Waals surface area contributed by atoms with E-state index in [1.165, 1.54) is 5.56 Å². The van der Waals surface area contributed by atoms with Crippen LogP contribution in [-0.4, -0.2) is 91.4 Å². The van der Waals surface area contributed by atoms with E-state index in [-0.39, 0.29) is 30.0 Å². The Morgan fingerprint density at radius 3 is 2.40 bits per heavy atom. The number of rotatable bonds is 8. The molecule has 1 unspecified atom stereocenters. The van der Waals surface area contributed by atoms with E-state index in [0.717, 1.165) is 77.3 Å². The lowest BCUT2D eigenvalue weighted by Crippen LogP contribution is -2.54. The summed E-state index contributed by atoms with van der Waals surface area (Å²) in [5.74, 6) is -1.66. The van der Waals surface area contributed by atoms with Crippen LogP contribution in [0.2, 0.25) is 0 Å². The van der Waals surface area contributed by atoms with Gasteiger partial charge in [0.1, 0.15) is 24.1 Å². The van der Waals surface area contributed by atoms with Gasteiger partial charge in [0, 0.05) is 61.3 Å². The Kier molecular flexibility index (Phi) is 8.19. The molecular formula is C37H35N7O6. The number of imide groups is 2. The SMILES string of the molecule is O=C1CCC(N2C(=O)c3ccc(OCCN4CCC(n5cc(-c6ccc7c(c6)CCC7=NO)c(-c6ccncc6)n5)CC4)cc3C2=O)C(=O)N1. The van der Waals surface area contributed by atoms with Gasteiger partial charge in [-0.3, -0.25) is 44.0 Å². The van der Waals surface area contributed by atoms with Gasteiger partial charge in [0.15, 0.2) is 0 Å². The minimum absolute atomic E-state index is 0.0734. The molecule has 0 spiro atoms. The number of benzene rings is 2. The van der Waals surface area contributed by atoms with Crippen LogP contribution < -0.4 is 10.1 Å². The van der Waals surface area contributed by atoms with Gasteiger partial charge >= 0.3 is 0 Å². The molecule has 0 bridgehead atoms. The number of hydrogen-bond acceptors (Lipinski definition) is 10. The van der Waals surface area contributed by atoms with Gasteiger partial charge in [0.05, 0.1) is 22.9 Å². The highest BCUT2D eigenvalue weighted by Gasteiger charge is 2.44. The molecule has 2 saturated heterocycles. The van der Waals surface area contributed by atoms with Crippen molar-refractivity contribution in [1.29, 1.82) is 0 Å². The first kappa shape index (κ1) is 31.6. The Bertz CT molecular complexity index is 2050. The normalized spacial score (nSPS) is 20.4. The van der Waals surface area contributed by atoms with Crippen LogP contribution in [0, 0.1) is 0 Å². The van der Waals surface area contributed by atoms with E-state index in [1.807, 2.05) is 18.2 Å².